The standard InChI is InChI=1S/C10H9FN4O2/c1-15-10(12-5-13-15)14-9(17)8-6(11)3-2-4-7(8)16/h2-5,16H,1H3,(H,12,13,14,17). The minimum atomic E-state index is -0.801. The molecule has 0 atom stereocenters. The number of hydrogen-bond acceptors (Lipinski definition) is 4. The second-order valence-corrected chi connectivity index (χ2v) is 3.30. The first-order chi connectivity index (χ1) is 8.09. The van der Waals surface area contributed by atoms with Crippen molar-refractivity contribution in [1.29, 1.82) is 0 Å². The monoisotopic (exact) mass is 236 g/mol. The van der Waals surface area contributed by atoms with Gasteiger partial charge in [-0.05, 0) is 12.1 Å². The van der Waals surface area contributed by atoms with E-state index < -0.39 is 23.0 Å². The average Bonchev–Trinajstić information content (AvgIpc) is 2.64. The number of carbonyl (C=O) groups excluding carboxylic acids is 1. The fourth-order valence-electron chi connectivity index (χ4n) is 1.31. The van der Waals surface area contributed by atoms with Gasteiger partial charge in [0.25, 0.3) is 5.91 Å². The quantitative estimate of drug-likeness (QED) is 0.812. The number of aryl methyl sites for hydroxylation is 1. The molecule has 6 nitrogen and oxygen atoms in total. The van der Waals surface area contributed by atoms with Gasteiger partial charge in [0.15, 0.2) is 0 Å². The summed E-state index contributed by atoms with van der Waals surface area (Å²) in [5.41, 5.74) is -0.421. The summed E-state index contributed by atoms with van der Waals surface area (Å²) in [6.07, 6.45) is 1.25. The van der Waals surface area contributed by atoms with Gasteiger partial charge in [-0.3, -0.25) is 10.1 Å². The van der Waals surface area contributed by atoms with Gasteiger partial charge in [-0.15, -0.1) is 0 Å². The Kier molecular flexibility index (Phi) is 2.73. The number of amides is 1. The van der Waals surface area contributed by atoms with Gasteiger partial charge >= 0.3 is 0 Å². The van der Waals surface area contributed by atoms with Crippen LogP contribution in [0.25, 0.3) is 0 Å². The van der Waals surface area contributed by atoms with Crippen molar-refractivity contribution >= 4 is 11.9 Å². The van der Waals surface area contributed by atoms with Crippen LogP contribution >= 0.6 is 0 Å². The molecule has 0 radical (unpaired) electrons. The number of aromatic nitrogens is 3. The molecular weight excluding hydrogens is 227 g/mol. The molecule has 0 fully saturated rings. The molecule has 17 heavy (non-hydrogen) atoms. The van der Waals surface area contributed by atoms with Gasteiger partial charge in [0, 0.05) is 7.05 Å². The van der Waals surface area contributed by atoms with Crippen LogP contribution < -0.4 is 5.32 Å². The molecule has 0 aliphatic heterocycles. The Morgan fingerprint density at radius 2 is 2.29 bits per heavy atom. The Bertz CT molecular complexity index is 547. The van der Waals surface area contributed by atoms with E-state index in [0.717, 1.165) is 6.07 Å². The highest BCUT2D eigenvalue weighted by molar-refractivity contribution is 6.05. The molecular formula is C10H9FN4O2. The van der Waals surface area contributed by atoms with E-state index in [4.69, 9.17) is 0 Å². The predicted molar refractivity (Wildman–Crippen MR) is 57.0 cm³/mol. The van der Waals surface area contributed by atoms with Crippen LogP contribution in [0.3, 0.4) is 0 Å². The van der Waals surface area contributed by atoms with Gasteiger partial charge in [-0.25, -0.2) is 9.07 Å². The molecule has 1 heterocycles. The zero-order valence-electron chi connectivity index (χ0n) is 8.88. The summed E-state index contributed by atoms with van der Waals surface area (Å²) in [4.78, 5) is 15.5. The first kappa shape index (κ1) is 11.1. The maximum absolute atomic E-state index is 13.4. The van der Waals surface area contributed by atoms with Crippen molar-refractivity contribution in [3.05, 3.63) is 35.9 Å². The molecule has 2 N–H and O–H groups in total. The van der Waals surface area contributed by atoms with Crippen LogP contribution in [0.4, 0.5) is 10.3 Å². The fraction of sp³-hybridized carbons (Fsp3) is 0.100. The molecule has 0 saturated carbocycles. The maximum Gasteiger partial charge on any atom is 0.264 e. The average molecular weight is 236 g/mol. The van der Waals surface area contributed by atoms with Gasteiger partial charge in [0.05, 0.1) is 0 Å². The molecule has 2 aromatic rings. The normalized spacial score (nSPS) is 10.2. The number of anilines is 1. The van der Waals surface area contributed by atoms with Crippen molar-refractivity contribution in [2.45, 2.75) is 0 Å². The lowest BCUT2D eigenvalue weighted by Crippen LogP contribution is -2.17. The Hall–Kier alpha value is -2.44. The number of halogens is 1. The van der Waals surface area contributed by atoms with Crippen molar-refractivity contribution in [2.24, 2.45) is 7.05 Å². The summed E-state index contributed by atoms with van der Waals surface area (Å²) in [6, 6.07) is 3.63. The van der Waals surface area contributed by atoms with E-state index in [-0.39, 0.29) is 5.95 Å². The Balaban J connectivity index is 2.30. The maximum atomic E-state index is 13.4. The molecule has 88 valence electrons. The van der Waals surface area contributed by atoms with Crippen LogP contribution in [0, 0.1) is 5.82 Å². The van der Waals surface area contributed by atoms with Crippen molar-refractivity contribution in [2.75, 3.05) is 5.32 Å². The van der Waals surface area contributed by atoms with Gasteiger partial charge in [-0.2, -0.15) is 10.1 Å². The zero-order chi connectivity index (χ0) is 12.4. The Morgan fingerprint density at radius 3 is 2.88 bits per heavy atom. The topological polar surface area (TPSA) is 80.0 Å². The molecule has 1 aromatic carbocycles. The lowest BCUT2D eigenvalue weighted by atomic mass is 10.2. The van der Waals surface area contributed by atoms with E-state index in [9.17, 15) is 14.3 Å². The first-order valence-corrected chi connectivity index (χ1v) is 4.72. The van der Waals surface area contributed by atoms with Crippen molar-refractivity contribution in [1.82, 2.24) is 14.8 Å². The van der Waals surface area contributed by atoms with Crippen LogP contribution in [0.15, 0.2) is 24.5 Å². The number of hydrogen-bond donors (Lipinski definition) is 2. The number of phenolic OH excluding ortho intramolecular Hbond substituents is 1. The molecule has 0 spiro atoms. The number of nitrogens with one attached hydrogen (secondary N) is 1. The minimum Gasteiger partial charge on any atom is -0.507 e. The molecule has 2 rings (SSSR count). The van der Waals surface area contributed by atoms with Gasteiger partial charge in [-0.1, -0.05) is 6.07 Å². The van der Waals surface area contributed by atoms with Gasteiger partial charge in [0.2, 0.25) is 5.95 Å². The summed E-state index contributed by atoms with van der Waals surface area (Å²) >= 11 is 0. The van der Waals surface area contributed by atoms with Crippen LogP contribution in [0.2, 0.25) is 0 Å². The number of benzene rings is 1. The molecule has 0 aliphatic carbocycles. The number of nitrogens with zero attached hydrogens (tertiary/aromatic N) is 3. The van der Waals surface area contributed by atoms with Gasteiger partial charge < -0.3 is 5.11 Å². The van der Waals surface area contributed by atoms with Crippen molar-refractivity contribution in [3.8, 4) is 5.75 Å². The first-order valence-electron chi connectivity index (χ1n) is 4.72. The van der Waals surface area contributed by atoms with E-state index in [2.05, 4.69) is 15.4 Å². The predicted octanol–water partition coefficient (Wildman–Crippen LogP) is 0.912. The molecule has 1 aromatic heterocycles. The summed E-state index contributed by atoms with van der Waals surface area (Å²) < 4.78 is 14.7. The fourth-order valence-corrected chi connectivity index (χ4v) is 1.31. The minimum absolute atomic E-state index is 0.164. The largest absolute Gasteiger partial charge is 0.507 e. The third-order valence-corrected chi connectivity index (χ3v) is 2.16. The molecule has 0 bridgehead atoms. The molecule has 0 unspecified atom stereocenters. The van der Waals surface area contributed by atoms with Gasteiger partial charge in [0.1, 0.15) is 23.5 Å². The lowest BCUT2D eigenvalue weighted by Gasteiger charge is -2.06. The highest BCUT2D eigenvalue weighted by atomic mass is 19.1. The second kappa shape index (κ2) is 4.20. The number of phenols is 1. The summed E-state index contributed by atoms with van der Waals surface area (Å²) in [7, 11) is 1.57. The summed E-state index contributed by atoms with van der Waals surface area (Å²) in [6.45, 7) is 0. The third-order valence-electron chi connectivity index (χ3n) is 2.16. The van der Waals surface area contributed by atoms with E-state index in [1.165, 1.54) is 23.1 Å². The second-order valence-electron chi connectivity index (χ2n) is 3.30. The molecule has 0 saturated heterocycles. The number of aromatic hydroxyl groups is 1. The Morgan fingerprint density at radius 1 is 1.53 bits per heavy atom. The van der Waals surface area contributed by atoms with E-state index >= 15 is 0 Å². The van der Waals surface area contributed by atoms with Crippen LogP contribution in [-0.4, -0.2) is 25.8 Å². The third kappa shape index (κ3) is 2.07. The highest BCUT2D eigenvalue weighted by Crippen LogP contribution is 2.20. The molecule has 0 aliphatic rings. The Labute approximate surface area is 95.7 Å². The summed E-state index contributed by atoms with van der Waals surface area (Å²) in [5.74, 6) is -1.84. The van der Waals surface area contributed by atoms with Crippen LogP contribution in [0.1, 0.15) is 10.4 Å². The summed E-state index contributed by atoms with van der Waals surface area (Å²) in [5, 5.41) is 15.5. The van der Waals surface area contributed by atoms with Crippen LogP contribution in [-0.2, 0) is 7.05 Å². The zero-order valence-corrected chi connectivity index (χ0v) is 8.88. The van der Waals surface area contributed by atoms with Crippen molar-refractivity contribution in [3.63, 3.8) is 0 Å². The van der Waals surface area contributed by atoms with E-state index in [0.29, 0.717) is 0 Å². The van der Waals surface area contributed by atoms with Crippen molar-refractivity contribution < 1.29 is 14.3 Å². The molecule has 7 heteroatoms. The smallest absolute Gasteiger partial charge is 0.264 e. The molecule has 1 amide bonds. The SMILES string of the molecule is Cn1ncnc1NC(=O)c1c(O)cccc1F. The highest BCUT2D eigenvalue weighted by Gasteiger charge is 2.17. The lowest BCUT2D eigenvalue weighted by molar-refractivity contribution is 0.101. The number of carbonyl (C=O) groups is 1. The number of rotatable bonds is 2. The van der Waals surface area contributed by atoms with E-state index in [1.807, 2.05) is 0 Å². The van der Waals surface area contributed by atoms with E-state index in [1.54, 1.807) is 7.05 Å². The van der Waals surface area contributed by atoms with Crippen LogP contribution in [0.5, 0.6) is 5.75 Å².